The molecule has 0 saturated carbocycles. The SMILES string of the molecule is C=C/C=C(\C=C)c1cc(CC2=C[C@@H](C3C=CC4=C(CN3)c3ccccc3-c3ccccc3C3=CCCC=C34)CC=C2)nc(-c2ccccc2)n1. The van der Waals surface area contributed by atoms with Crippen LogP contribution in [-0.4, -0.2) is 22.6 Å². The van der Waals surface area contributed by atoms with Crippen molar-refractivity contribution < 1.29 is 0 Å². The first-order chi connectivity index (χ1) is 24.7. The van der Waals surface area contributed by atoms with Gasteiger partial charge in [0.25, 0.3) is 0 Å². The third-order valence-corrected chi connectivity index (χ3v) is 10.2. The Balaban J connectivity index is 1.12. The predicted molar refractivity (Wildman–Crippen MR) is 210 cm³/mol. The molecule has 50 heavy (non-hydrogen) atoms. The molecule has 1 N–H and O–H groups in total. The Labute approximate surface area is 295 Å². The summed E-state index contributed by atoms with van der Waals surface area (Å²) in [5.74, 6) is 1.04. The van der Waals surface area contributed by atoms with Crippen LogP contribution in [0.1, 0.15) is 41.8 Å². The second-order valence-corrected chi connectivity index (χ2v) is 13.3. The van der Waals surface area contributed by atoms with Crippen molar-refractivity contribution in [2.24, 2.45) is 5.92 Å². The highest BCUT2D eigenvalue weighted by atomic mass is 14.9. The Morgan fingerprint density at radius 2 is 1.52 bits per heavy atom. The van der Waals surface area contributed by atoms with Crippen molar-refractivity contribution in [1.29, 1.82) is 0 Å². The molecule has 4 aliphatic rings. The molecule has 1 aliphatic heterocycles. The quantitative estimate of drug-likeness (QED) is 0.203. The average Bonchev–Trinajstić information content (AvgIpc) is 3.40. The number of nitrogens with one attached hydrogen (secondary N) is 1. The van der Waals surface area contributed by atoms with Gasteiger partial charge < -0.3 is 5.32 Å². The summed E-state index contributed by atoms with van der Waals surface area (Å²) in [7, 11) is 0. The Bertz CT molecular complexity index is 2200. The largest absolute Gasteiger partial charge is 0.306 e. The zero-order valence-corrected chi connectivity index (χ0v) is 28.4. The van der Waals surface area contributed by atoms with Crippen molar-refractivity contribution in [3.63, 3.8) is 0 Å². The summed E-state index contributed by atoms with van der Waals surface area (Å²) in [5, 5.41) is 4.00. The van der Waals surface area contributed by atoms with Crippen LogP contribution in [0.5, 0.6) is 0 Å². The van der Waals surface area contributed by atoms with Crippen LogP contribution >= 0.6 is 0 Å². The minimum atomic E-state index is 0.193. The molecule has 3 aliphatic carbocycles. The van der Waals surface area contributed by atoms with Gasteiger partial charge in [-0.05, 0) is 86.9 Å². The van der Waals surface area contributed by atoms with E-state index in [1.807, 2.05) is 30.4 Å². The highest BCUT2D eigenvalue weighted by molar-refractivity contribution is 6.01. The maximum absolute atomic E-state index is 5.05. The highest BCUT2D eigenvalue weighted by Gasteiger charge is 2.28. The Morgan fingerprint density at radius 3 is 2.30 bits per heavy atom. The Kier molecular flexibility index (Phi) is 8.90. The molecule has 8 rings (SSSR count). The van der Waals surface area contributed by atoms with E-state index in [0.29, 0.717) is 5.92 Å². The summed E-state index contributed by atoms with van der Waals surface area (Å²) < 4.78 is 0. The van der Waals surface area contributed by atoms with Crippen molar-refractivity contribution in [3.8, 4) is 22.5 Å². The lowest BCUT2D eigenvalue weighted by atomic mass is 9.77. The van der Waals surface area contributed by atoms with Crippen LogP contribution < -0.4 is 5.32 Å². The van der Waals surface area contributed by atoms with Crippen LogP contribution in [0.3, 0.4) is 0 Å². The van der Waals surface area contributed by atoms with Gasteiger partial charge in [-0.25, -0.2) is 9.97 Å². The van der Waals surface area contributed by atoms with Crippen molar-refractivity contribution in [2.45, 2.75) is 31.7 Å². The number of aromatic nitrogens is 2. The van der Waals surface area contributed by atoms with Gasteiger partial charge in [-0.3, -0.25) is 0 Å². The van der Waals surface area contributed by atoms with E-state index in [0.717, 1.165) is 60.6 Å². The third-order valence-electron chi connectivity index (χ3n) is 10.2. The zero-order chi connectivity index (χ0) is 33.9. The summed E-state index contributed by atoms with van der Waals surface area (Å²) in [4.78, 5) is 9.97. The lowest BCUT2D eigenvalue weighted by Gasteiger charge is -2.28. The van der Waals surface area contributed by atoms with Gasteiger partial charge in [0.2, 0.25) is 0 Å². The van der Waals surface area contributed by atoms with Crippen molar-refractivity contribution >= 4 is 16.7 Å². The van der Waals surface area contributed by atoms with Crippen LogP contribution in [0.2, 0.25) is 0 Å². The minimum Gasteiger partial charge on any atom is -0.306 e. The molecule has 0 spiro atoms. The van der Waals surface area contributed by atoms with Crippen LogP contribution in [0, 0.1) is 5.92 Å². The Morgan fingerprint density at radius 1 is 0.800 bits per heavy atom. The molecule has 1 unspecified atom stereocenters. The molecular formula is C47H41N3. The summed E-state index contributed by atoms with van der Waals surface area (Å²) in [6.45, 7) is 8.73. The van der Waals surface area contributed by atoms with E-state index in [1.54, 1.807) is 6.08 Å². The first-order valence-corrected chi connectivity index (χ1v) is 17.7. The molecule has 4 aromatic rings. The molecule has 1 aromatic heterocycles. The number of fused-ring (bicyclic) bond motifs is 7. The van der Waals surface area contributed by atoms with Crippen LogP contribution in [0.25, 0.3) is 39.2 Å². The summed E-state index contributed by atoms with van der Waals surface area (Å²) in [5.41, 5.74) is 15.7. The number of nitrogens with zero attached hydrogens (tertiary/aromatic N) is 2. The first-order valence-electron chi connectivity index (χ1n) is 17.7. The summed E-state index contributed by atoms with van der Waals surface area (Å²) in [6, 6.07) is 30.3. The molecule has 3 aromatic carbocycles. The van der Waals surface area contributed by atoms with Crippen molar-refractivity contribution in [1.82, 2.24) is 15.3 Å². The number of benzene rings is 3. The molecule has 0 bridgehead atoms. The molecule has 0 amide bonds. The fourth-order valence-electron chi connectivity index (χ4n) is 7.78. The van der Waals surface area contributed by atoms with Gasteiger partial charge in [0, 0.05) is 30.3 Å². The molecule has 0 fully saturated rings. The van der Waals surface area contributed by atoms with Gasteiger partial charge in [0.15, 0.2) is 5.82 Å². The van der Waals surface area contributed by atoms with Crippen molar-refractivity contribution in [3.05, 3.63) is 198 Å². The maximum Gasteiger partial charge on any atom is 0.160 e. The van der Waals surface area contributed by atoms with E-state index in [-0.39, 0.29) is 6.04 Å². The number of hydrogen-bond donors (Lipinski definition) is 1. The number of rotatable bonds is 7. The fraction of sp³-hybridized carbons (Fsp3) is 0.149. The van der Waals surface area contributed by atoms with E-state index in [9.17, 15) is 0 Å². The normalized spacial score (nSPS) is 19.7. The van der Waals surface area contributed by atoms with Gasteiger partial charge in [0.1, 0.15) is 0 Å². The van der Waals surface area contributed by atoms with Gasteiger partial charge >= 0.3 is 0 Å². The minimum absolute atomic E-state index is 0.193. The van der Waals surface area contributed by atoms with Crippen LogP contribution in [0.15, 0.2) is 176 Å². The standard InChI is InChI=1S/C47H41N3/c1-3-15-33(4-2)46-30-36(49-47(50-46)34-17-6-5-7-18-34)29-32-16-14-19-35(28-32)45-27-26-43-41-24-11-10-22-39(41)37-20-8-9-21-38(37)40-23-12-13-25-42(40)44(43)31-48-45/h3-9,12-18,20-28,30,35,45,48H,1-2,10-11,19,29,31H2/b33-15+/t35-,45?/m0/s1. The number of hydrogen-bond acceptors (Lipinski definition) is 3. The second-order valence-electron chi connectivity index (χ2n) is 13.3. The van der Waals surface area contributed by atoms with Crippen LogP contribution in [0.4, 0.5) is 0 Å². The molecule has 2 heterocycles. The maximum atomic E-state index is 5.05. The van der Waals surface area contributed by atoms with Gasteiger partial charge in [-0.15, -0.1) is 0 Å². The van der Waals surface area contributed by atoms with E-state index < -0.39 is 0 Å². The second kappa shape index (κ2) is 14.1. The van der Waals surface area contributed by atoms with Gasteiger partial charge in [-0.1, -0.05) is 153 Å². The molecule has 244 valence electrons. The van der Waals surface area contributed by atoms with Gasteiger partial charge in [0.05, 0.1) is 5.69 Å². The Hall–Kier alpha value is -5.64. The lowest BCUT2D eigenvalue weighted by Crippen LogP contribution is -2.34. The van der Waals surface area contributed by atoms with E-state index >= 15 is 0 Å². The molecular weight excluding hydrogens is 607 g/mol. The zero-order valence-electron chi connectivity index (χ0n) is 28.4. The molecule has 0 saturated heterocycles. The summed E-state index contributed by atoms with van der Waals surface area (Å²) in [6.07, 6.45) is 26.2. The van der Waals surface area contributed by atoms with Gasteiger partial charge in [-0.2, -0.15) is 0 Å². The predicted octanol–water partition coefficient (Wildman–Crippen LogP) is 10.7. The molecule has 0 radical (unpaired) electrons. The molecule has 3 nitrogen and oxygen atoms in total. The smallest absolute Gasteiger partial charge is 0.160 e. The third kappa shape index (κ3) is 6.17. The fourth-order valence-corrected chi connectivity index (χ4v) is 7.78. The van der Waals surface area contributed by atoms with E-state index in [2.05, 4.69) is 128 Å². The lowest BCUT2D eigenvalue weighted by molar-refractivity contribution is 0.493. The van der Waals surface area contributed by atoms with E-state index in [4.69, 9.17) is 9.97 Å². The number of allylic oxidation sites excluding steroid dienone is 13. The van der Waals surface area contributed by atoms with Crippen LogP contribution in [-0.2, 0) is 6.42 Å². The van der Waals surface area contributed by atoms with E-state index in [1.165, 1.54) is 50.1 Å². The molecule has 3 heteroatoms. The summed E-state index contributed by atoms with van der Waals surface area (Å²) >= 11 is 0. The topological polar surface area (TPSA) is 37.8 Å². The monoisotopic (exact) mass is 647 g/mol. The molecule has 2 atom stereocenters. The van der Waals surface area contributed by atoms with Crippen molar-refractivity contribution in [2.75, 3.05) is 6.54 Å². The first kappa shape index (κ1) is 31.6. The average molecular weight is 648 g/mol. The highest BCUT2D eigenvalue weighted by Crippen LogP contribution is 2.46.